The van der Waals surface area contributed by atoms with Crippen LogP contribution >= 0.6 is 0 Å². The standard InChI is InChI=1S/C10H15N3O/c1-10(2,3)13-6-7-4-5-11-8(7)12-9(13)14/h4-6,9,14H,1-3H3,(H,11,12). The molecule has 0 spiro atoms. The lowest BCUT2D eigenvalue weighted by molar-refractivity contribution is 0.000934. The summed E-state index contributed by atoms with van der Waals surface area (Å²) in [4.78, 5) is 8.96. The third kappa shape index (κ3) is 1.42. The number of rotatable bonds is 0. The van der Waals surface area contributed by atoms with E-state index in [0.29, 0.717) is 0 Å². The minimum absolute atomic E-state index is 0.127. The van der Waals surface area contributed by atoms with Gasteiger partial charge in [-0.2, -0.15) is 0 Å². The van der Waals surface area contributed by atoms with Crippen LogP contribution in [0.5, 0.6) is 0 Å². The predicted octanol–water partition coefficient (Wildman–Crippen LogP) is -0.238. The number of nitrogens with one attached hydrogen (secondary N) is 1. The van der Waals surface area contributed by atoms with Gasteiger partial charge in [-0.25, -0.2) is 4.99 Å². The number of H-pyrrole nitrogens is 1. The quantitative estimate of drug-likeness (QED) is 0.597. The Balaban J connectivity index is 2.53. The lowest BCUT2D eigenvalue weighted by Crippen LogP contribution is -2.49. The van der Waals surface area contributed by atoms with Gasteiger partial charge >= 0.3 is 0 Å². The predicted molar refractivity (Wildman–Crippen MR) is 53.6 cm³/mol. The van der Waals surface area contributed by atoms with Gasteiger partial charge in [-0.05, 0) is 26.8 Å². The van der Waals surface area contributed by atoms with E-state index in [-0.39, 0.29) is 5.54 Å². The van der Waals surface area contributed by atoms with E-state index in [1.54, 1.807) is 0 Å². The van der Waals surface area contributed by atoms with Crippen LogP contribution < -0.4 is 10.7 Å². The fourth-order valence-corrected chi connectivity index (χ4v) is 1.52. The summed E-state index contributed by atoms with van der Waals surface area (Å²) in [6, 6.07) is 1.95. The van der Waals surface area contributed by atoms with E-state index in [9.17, 15) is 5.11 Å². The Hall–Kier alpha value is -1.29. The van der Waals surface area contributed by atoms with Crippen LogP contribution in [-0.4, -0.2) is 26.9 Å². The van der Waals surface area contributed by atoms with Gasteiger partial charge in [0.05, 0.1) is 0 Å². The Morgan fingerprint density at radius 3 is 2.86 bits per heavy atom. The van der Waals surface area contributed by atoms with Crippen LogP contribution in [0.1, 0.15) is 20.8 Å². The number of aromatic amines is 1. The van der Waals surface area contributed by atoms with Crippen LogP contribution in [-0.2, 0) is 0 Å². The van der Waals surface area contributed by atoms with Crippen molar-refractivity contribution in [3.05, 3.63) is 23.0 Å². The van der Waals surface area contributed by atoms with Crippen molar-refractivity contribution < 1.29 is 5.11 Å². The molecule has 0 amide bonds. The number of aliphatic hydroxyl groups excluding tert-OH is 1. The van der Waals surface area contributed by atoms with Crippen molar-refractivity contribution in [2.75, 3.05) is 0 Å². The van der Waals surface area contributed by atoms with E-state index in [1.807, 2.05) is 44.1 Å². The van der Waals surface area contributed by atoms with Gasteiger partial charge in [-0.3, -0.25) is 0 Å². The Labute approximate surface area is 82.6 Å². The van der Waals surface area contributed by atoms with Crippen LogP contribution in [0.4, 0.5) is 0 Å². The number of aliphatic hydroxyl groups is 1. The summed E-state index contributed by atoms with van der Waals surface area (Å²) in [5, 5.41) is 10.8. The highest BCUT2D eigenvalue weighted by Gasteiger charge is 2.25. The first-order valence-electron chi connectivity index (χ1n) is 4.68. The number of hydrogen-bond acceptors (Lipinski definition) is 3. The topological polar surface area (TPSA) is 51.6 Å². The van der Waals surface area contributed by atoms with Crippen molar-refractivity contribution in [3.63, 3.8) is 0 Å². The third-order valence-corrected chi connectivity index (χ3v) is 2.30. The van der Waals surface area contributed by atoms with E-state index in [2.05, 4.69) is 9.98 Å². The van der Waals surface area contributed by atoms with Crippen LogP contribution in [0.15, 0.2) is 17.3 Å². The molecular formula is C10H15N3O. The minimum atomic E-state index is -0.791. The van der Waals surface area contributed by atoms with Gasteiger partial charge in [-0.15, -0.1) is 0 Å². The van der Waals surface area contributed by atoms with Gasteiger partial charge in [0.15, 0.2) is 0 Å². The van der Waals surface area contributed by atoms with Crippen LogP contribution in [0, 0.1) is 0 Å². The molecule has 0 saturated carbocycles. The lowest BCUT2D eigenvalue weighted by atomic mass is 10.1. The molecule has 1 aliphatic heterocycles. The summed E-state index contributed by atoms with van der Waals surface area (Å²) in [6.45, 7) is 6.12. The van der Waals surface area contributed by atoms with Gasteiger partial charge in [0.1, 0.15) is 5.49 Å². The molecule has 0 radical (unpaired) electrons. The fraction of sp³-hybridized carbons (Fsp3) is 0.500. The zero-order valence-corrected chi connectivity index (χ0v) is 8.65. The first-order valence-corrected chi connectivity index (χ1v) is 4.68. The van der Waals surface area contributed by atoms with Crippen molar-refractivity contribution in [3.8, 4) is 0 Å². The van der Waals surface area contributed by atoms with Crippen LogP contribution in [0.25, 0.3) is 6.20 Å². The van der Waals surface area contributed by atoms with Gasteiger partial charge in [0.25, 0.3) is 0 Å². The summed E-state index contributed by atoms with van der Waals surface area (Å²) < 4.78 is 0. The van der Waals surface area contributed by atoms with Crippen LogP contribution in [0.2, 0.25) is 0 Å². The summed E-state index contributed by atoms with van der Waals surface area (Å²) >= 11 is 0. The summed E-state index contributed by atoms with van der Waals surface area (Å²) in [5.41, 5.74) is 0.621. The van der Waals surface area contributed by atoms with Crippen molar-refractivity contribution in [1.82, 2.24) is 9.88 Å². The smallest absolute Gasteiger partial charge is 0.227 e. The third-order valence-electron chi connectivity index (χ3n) is 2.30. The maximum absolute atomic E-state index is 9.78. The number of hydrogen-bond donors (Lipinski definition) is 2. The average molecular weight is 193 g/mol. The highest BCUT2D eigenvalue weighted by molar-refractivity contribution is 5.24. The molecule has 1 atom stereocenters. The largest absolute Gasteiger partial charge is 0.355 e. The zero-order chi connectivity index (χ0) is 10.3. The normalized spacial score (nSPS) is 21.1. The van der Waals surface area contributed by atoms with Crippen molar-refractivity contribution >= 4 is 6.20 Å². The SMILES string of the molecule is CC(C)(C)N1C=c2cc[nH]c2=NC1O. The maximum atomic E-state index is 9.78. The van der Waals surface area contributed by atoms with Crippen molar-refractivity contribution in [2.24, 2.45) is 4.99 Å². The first-order chi connectivity index (χ1) is 6.48. The molecule has 1 aliphatic rings. The van der Waals surface area contributed by atoms with E-state index in [4.69, 9.17) is 0 Å². The molecule has 2 heterocycles. The highest BCUT2D eigenvalue weighted by atomic mass is 16.3. The maximum Gasteiger partial charge on any atom is 0.227 e. The molecule has 1 aromatic rings. The van der Waals surface area contributed by atoms with E-state index >= 15 is 0 Å². The van der Waals surface area contributed by atoms with E-state index in [0.717, 1.165) is 10.7 Å². The Kier molecular flexibility index (Phi) is 1.89. The molecule has 0 fully saturated rings. The van der Waals surface area contributed by atoms with E-state index < -0.39 is 6.35 Å². The Morgan fingerprint density at radius 1 is 1.50 bits per heavy atom. The molecule has 1 unspecified atom stereocenters. The van der Waals surface area contributed by atoms with Crippen LogP contribution in [0.3, 0.4) is 0 Å². The van der Waals surface area contributed by atoms with Gasteiger partial charge in [0.2, 0.25) is 6.35 Å². The molecule has 14 heavy (non-hydrogen) atoms. The second-order valence-electron chi connectivity index (χ2n) is 4.46. The average Bonchev–Trinajstić information content (AvgIpc) is 2.47. The van der Waals surface area contributed by atoms with Crippen molar-refractivity contribution in [1.29, 1.82) is 0 Å². The zero-order valence-electron chi connectivity index (χ0n) is 8.65. The van der Waals surface area contributed by atoms with Gasteiger partial charge < -0.3 is 15.0 Å². The number of aromatic nitrogens is 1. The second kappa shape index (κ2) is 2.85. The molecule has 2 rings (SSSR count). The van der Waals surface area contributed by atoms with Crippen molar-refractivity contribution in [2.45, 2.75) is 32.7 Å². The second-order valence-corrected chi connectivity index (χ2v) is 4.46. The summed E-state index contributed by atoms with van der Waals surface area (Å²) in [5.74, 6) is 0. The molecule has 76 valence electrons. The monoisotopic (exact) mass is 193 g/mol. The molecule has 0 aliphatic carbocycles. The Morgan fingerprint density at radius 2 is 2.21 bits per heavy atom. The molecule has 0 saturated heterocycles. The molecule has 0 aromatic carbocycles. The number of fused-ring (bicyclic) bond motifs is 1. The summed E-state index contributed by atoms with van der Waals surface area (Å²) in [7, 11) is 0. The molecular weight excluding hydrogens is 178 g/mol. The van der Waals surface area contributed by atoms with Gasteiger partial charge in [-0.1, -0.05) is 0 Å². The van der Waals surface area contributed by atoms with Gasteiger partial charge in [0, 0.05) is 23.2 Å². The Bertz CT molecular complexity index is 441. The molecule has 0 bridgehead atoms. The molecule has 1 aromatic heterocycles. The van der Waals surface area contributed by atoms with E-state index in [1.165, 1.54) is 0 Å². The first kappa shape index (κ1) is 9.27. The molecule has 4 heteroatoms. The lowest BCUT2D eigenvalue weighted by Gasteiger charge is -2.37. The molecule has 2 N–H and O–H groups in total. The highest BCUT2D eigenvalue weighted by Crippen LogP contribution is 2.17. The summed E-state index contributed by atoms with van der Waals surface area (Å²) in [6.07, 6.45) is 2.97. The fourth-order valence-electron chi connectivity index (χ4n) is 1.52. The minimum Gasteiger partial charge on any atom is -0.355 e. The number of nitrogens with zero attached hydrogens (tertiary/aromatic N) is 2. The molecule has 4 nitrogen and oxygen atoms in total.